The van der Waals surface area contributed by atoms with Gasteiger partial charge < -0.3 is 29.0 Å². The van der Waals surface area contributed by atoms with Gasteiger partial charge in [-0.15, -0.1) is 0 Å². The van der Waals surface area contributed by atoms with E-state index in [1.807, 2.05) is 0 Å². The molecule has 2 aromatic rings. The summed E-state index contributed by atoms with van der Waals surface area (Å²) in [6.07, 6.45) is 2.92. The molecule has 1 aliphatic rings. The van der Waals surface area contributed by atoms with Crippen LogP contribution in [0.4, 0.5) is 0 Å². The van der Waals surface area contributed by atoms with Gasteiger partial charge in [0.2, 0.25) is 0 Å². The van der Waals surface area contributed by atoms with Crippen molar-refractivity contribution in [2.24, 2.45) is 0 Å². The molecule has 1 N–H and O–H groups in total. The van der Waals surface area contributed by atoms with Crippen molar-refractivity contribution in [1.29, 1.82) is 0 Å². The van der Waals surface area contributed by atoms with Gasteiger partial charge in [0.25, 0.3) is 0 Å². The third-order valence-corrected chi connectivity index (χ3v) is 5.72. The molecule has 9 nitrogen and oxygen atoms in total. The highest BCUT2D eigenvalue weighted by molar-refractivity contribution is 6.00. The van der Waals surface area contributed by atoms with E-state index in [2.05, 4.69) is 18.5 Å². The predicted octanol–water partition coefficient (Wildman–Crippen LogP) is 4.37. The van der Waals surface area contributed by atoms with Crippen LogP contribution >= 0.6 is 0 Å². The molecule has 1 heterocycles. The average Bonchev–Trinajstić information content (AvgIpc) is 2.93. The Morgan fingerprint density at radius 3 is 1.90 bits per heavy atom. The summed E-state index contributed by atoms with van der Waals surface area (Å²) in [5.41, 5.74) is 2.17. The molecule has 0 saturated heterocycles. The molecule has 3 rings (SSSR count). The number of nitrogens with one attached hydrogen (secondary N) is 1. The fourth-order valence-corrected chi connectivity index (χ4v) is 4.06. The summed E-state index contributed by atoms with van der Waals surface area (Å²) in [6, 6.07) is 13.4. The van der Waals surface area contributed by atoms with Crippen LogP contribution in [0.1, 0.15) is 25.3 Å². The molecule has 0 fully saturated rings. The molecular weight excluding hydrogens is 502 g/mol. The summed E-state index contributed by atoms with van der Waals surface area (Å²) >= 11 is 0. The average molecular weight is 534 g/mol. The lowest BCUT2D eigenvalue weighted by molar-refractivity contribution is -0.139. The van der Waals surface area contributed by atoms with E-state index in [4.69, 9.17) is 23.7 Å². The molecule has 9 heteroatoms. The third-order valence-electron chi connectivity index (χ3n) is 5.72. The van der Waals surface area contributed by atoms with Crippen LogP contribution in [0, 0.1) is 0 Å². The van der Waals surface area contributed by atoms with Gasteiger partial charge in [-0.1, -0.05) is 49.6 Å². The number of dihydropyridines is 1. The number of hydrogen-bond acceptors (Lipinski definition) is 9. The maximum Gasteiger partial charge on any atom is 0.349 e. The third kappa shape index (κ3) is 7.16. The van der Waals surface area contributed by atoms with Crippen molar-refractivity contribution in [1.82, 2.24) is 5.32 Å². The molecule has 0 saturated carbocycles. The van der Waals surface area contributed by atoms with Crippen molar-refractivity contribution in [2.75, 3.05) is 26.9 Å². The second-order valence-corrected chi connectivity index (χ2v) is 8.39. The van der Waals surface area contributed by atoms with Gasteiger partial charge in [0.05, 0.1) is 24.2 Å². The first-order valence-corrected chi connectivity index (χ1v) is 12.1. The Balaban J connectivity index is 1.84. The molecule has 0 amide bonds. The monoisotopic (exact) mass is 533 g/mol. The number of para-hydroxylation sites is 2. The van der Waals surface area contributed by atoms with E-state index >= 15 is 0 Å². The fraction of sp³-hybridized carbons (Fsp3) is 0.233. The highest BCUT2D eigenvalue weighted by Gasteiger charge is 2.38. The van der Waals surface area contributed by atoms with E-state index in [1.165, 1.54) is 19.3 Å². The van der Waals surface area contributed by atoms with Crippen LogP contribution < -0.4 is 19.5 Å². The Hall–Kier alpha value is -4.79. The lowest BCUT2D eigenvalue weighted by atomic mass is 9.80. The molecule has 2 aromatic carbocycles. The van der Waals surface area contributed by atoms with E-state index in [0.29, 0.717) is 28.5 Å². The molecular formula is C30H31NO8. The molecule has 39 heavy (non-hydrogen) atoms. The standard InChI is InChI=1S/C30H31NO8/c1-6-16-36-29(33)26-19(3)31-20(4)27(30(34)37-17-7-2)28(26)21-12-14-22(15-13-21)39-25(32)18-38-24-11-9-8-10-23(24)35-5/h6-15,28,31H,1-2,16-18H2,3-5H3. The number of ether oxygens (including phenoxy) is 5. The van der Waals surface area contributed by atoms with Crippen LogP contribution in [-0.2, 0) is 23.9 Å². The SMILES string of the molecule is C=CCOC(=O)C1=C(C)NC(C)=C(C(=O)OCC=C)C1c1ccc(OC(=O)COc2ccccc2OC)cc1. The summed E-state index contributed by atoms with van der Waals surface area (Å²) in [5, 5.41) is 3.08. The lowest BCUT2D eigenvalue weighted by Crippen LogP contribution is -2.32. The number of allylic oxidation sites excluding steroid dienone is 2. The zero-order valence-corrected chi connectivity index (χ0v) is 22.2. The number of esters is 3. The van der Waals surface area contributed by atoms with E-state index in [9.17, 15) is 14.4 Å². The molecule has 0 radical (unpaired) electrons. The number of benzene rings is 2. The largest absolute Gasteiger partial charge is 0.493 e. The van der Waals surface area contributed by atoms with Gasteiger partial charge in [-0.3, -0.25) is 0 Å². The van der Waals surface area contributed by atoms with Gasteiger partial charge in [-0.2, -0.15) is 0 Å². The second-order valence-electron chi connectivity index (χ2n) is 8.39. The highest BCUT2D eigenvalue weighted by atomic mass is 16.6. The summed E-state index contributed by atoms with van der Waals surface area (Å²) in [5.74, 6) is -1.45. The van der Waals surface area contributed by atoms with E-state index in [-0.39, 0.29) is 36.7 Å². The number of rotatable bonds is 12. The Morgan fingerprint density at radius 2 is 1.38 bits per heavy atom. The molecule has 0 unspecified atom stereocenters. The van der Waals surface area contributed by atoms with Crippen molar-refractivity contribution in [3.8, 4) is 17.2 Å². The minimum absolute atomic E-state index is 0.00703. The first-order chi connectivity index (χ1) is 18.8. The van der Waals surface area contributed by atoms with E-state index in [0.717, 1.165) is 0 Å². The summed E-state index contributed by atoms with van der Waals surface area (Å²) in [7, 11) is 1.51. The van der Waals surface area contributed by atoms with Gasteiger partial charge >= 0.3 is 17.9 Å². The second kappa shape index (κ2) is 13.7. The van der Waals surface area contributed by atoms with Crippen LogP contribution in [0.2, 0.25) is 0 Å². The Bertz CT molecular complexity index is 1260. The van der Waals surface area contributed by atoms with Crippen molar-refractivity contribution in [2.45, 2.75) is 19.8 Å². The van der Waals surface area contributed by atoms with Crippen molar-refractivity contribution in [3.05, 3.63) is 102 Å². The zero-order valence-electron chi connectivity index (χ0n) is 22.2. The van der Waals surface area contributed by atoms with Gasteiger partial charge in [-0.05, 0) is 43.7 Å². The predicted molar refractivity (Wildman–Crippen MR) is 144 cm³/mol. The van der Waals surface area contributed by atoms with Crippen LogP contribution in [0.15, 0.2) is 96.4 Å². The van der Waals surface area contributed by atoms with E-state index < -0.39 is 23.8 Å². The van der Waals surface area contributed by atoms with Gasteiger partial charge in [0, 0.05) is 11.4 Å². The normalized spacial score (nSPS) is 13.2. The van der Waals surface area contributed by atoms with Crippen molar-refractivity contribution < 1.29 is 38.1 Å². The minimum atomic E-state index is -0.792. The highest BCUT2D eigenvalue weighted by Crippen LogP contribution is 2.39. The van der Waals surface area contributed by atoms with Crippen molar-refractivity contribution >= 4 is 17.9 Å². The number of hydrogen-bond donors (Lipinski definition) is 1. The molecule has 0 spiro atoms. The van der Waals surface area contributed by atoms with Crippen LogP contribution in [0.5, 0.6) is 17.2 Å². The molecule has 204 valence electrons. The fourth-order valence-electron chi connectivity index (χ4n) is 4.06. The lowest BCUT2D eigenvalue weighted by Gasteiger charge is -2.30. The summed E-state index contributed by atoms with van der Waals surface area (Å²) < 4.78 is 26.8. The number of carbonyl (C=O) groups is 3. The maximum absolute atomic E-state index is 13.0. The van der Waals surface area contributed by atoms with Gasteiger partial charge in [0.1, 0.15) is 19.0 Å². The topological polar surface area (TPSA) is 109 Å². The van der Waals surface area contributed by atoms with Gasteiger partial charge in [-0.25, -0.2) is 14.4 Å². The van der Waals surface area contributed by atoms with Gasteiger partial charge in [0.15, 0.2) is 18.1 Å². The molecule has 0 aliphatic carbocycles. The van der Waals surface area contributed by atoms with E-state index in [1.54, 1.807) is 62.4 Å². The maximum atomic E-state index is 13.0. The summed E-state index contributed by atoms with van der Waals surface area (Å²) in [4.78, 5) is 38.5. The molecule has 0 aromatic heterocycles. The molecule has 0 atom stereocenters. The summed E-state index contributed by atoms with van der Waals surface area (Å²) in [6.45, 7) is 10.3. The quantitative estimate of drug-likeness (QED) is 0.242. The number of methoxy groups -OCH3 is 1. The first kappa shape index (κ1) is 28.8. The Kier molecular flexibility index (Phi) is 10.1. The van der Waals surface area contributed by atoms with Crippen LogP contribution in [0.3, 0.4) is 0 Å². The molecule has 1 aliphatic heterocycles. The van der Waals surface area contributed by atoms with Crippen LogP contribution in [0.25, 0.3) is 0 Å². The van der Waals surface area contributed by atoms with Crippen LogP contribution in [-0.4, -0.2) is 44.8 Å². The first-order valence-electron chi connectivity index (χ1n) is 12.1. The smallest absolute Gasteiger partial charge is 0.349 e. The van der Waals surface area contributed by atoms with Crippen molar-refractivity contribution in [3.63, 3.8) is 0 Å². The molecule has 0 bridgehead atoms. The Morgan fingerprint density at radius 1 is 0.846 bits per heavy atom. The zero-order chi connectivity index (χ0) is 28.4. The number of carbonyl (C=O) groups excluding carboxylic acids is 3. The Labute approximate surface area is 227 Å². The minimum Gasteiger partial charge on any atom is -0.493 e.